The van der Waals surface area contributed by atoms with Gasteiger partial charge in [0.05, 0.1) is 10.7 Å². The molecule has 1 aromatic carbocycles. The number of aryl methyl sites for hydroxylation is 1. The zero-order chi connectivity index (χ0) is 17.8. The number of likely N-dealkylation sites (N-methyl/N-ethyl adjacent to an activating group) is 1. The van der Waals surface area contributed by atoms with Crippen molar-refractivity contribution in [2.24, 2.45) is 0 Å². The minimum atomic E-state index is -0.0235. The van der Waals surface area contributed by atoms with Crippen molar-refractivity contribution in [1.82, 2.24) is 30.5 Å². The number of tetrazole rings is 1. The number of hydrogen-bond donors (Lipinski definition) is 1. The number of amides is 1. The second-order valence-corrected chi connectivity index (χ2v) is 7.12. The van der Waals surface area contributed by atoms with Crippen LogP contribution < -0.4 is 0 Å². The van der Waals surface area contributed by atoms with Crippen molar-refractivity contribution >= 4 is 17.2 Å². The number of benzene rings is 1. The number of rotatable bonds is 6. The Morgan fingerprint density at radius 1 is 1.32 bits per heavy atom. The third-order valence-corrected chi connectivity index (χ3v) is 5.08. The summed E-state index contributed by atoms with van der Waals surface area (Å²) >= 11 is 1.46. The Bertz CT molecular complexity index is 830. The van der Waals surface area contributed by atoms with Gasteiger partial charge in [-0.05, 0) is 12.5 Å². The lowest BCUT2D eigenvalue weighted by molar-refractivity contribution is 0.0791. The van der Waals surface area contributed by atoms with Crippen molar-refractivity contribution in [3.63, 3.8) is 0 Å². The van der Waals surface area contributed by atoms with Crippen LogP contribution in [-0.2, 0) is 6.42 Å². The Kier molecular flexibility index (Phi) is 5.18. The average molecular weight is 356 g/mol. The first kappa shape index (κ1) is 17.2. The molecule has 0 saturated heterocycles. The van der Waals surface area contributed by atoms with Crippen LogP contribution in [-0.4, -0.2) is 50.0 Å². The quantitative estimate of drug-likeness (QED) is 0.733. The highest BCUT2D eigenvalue weighted by Crippen LogP contribution is 2.23. The van der Waals surface area contributed by atoms with Gasteiger partial charge in [-0.2, -0.15) is 5.21 Å². The van der Waals surface area contributed by atoms with E-state index in [1.54, 1.807) is 11.9 Å². The first-order valence-corrected chi connectivity index (χ1v) is 8.85. The molecule has 0 aliphatic heterocycles. The van der Waals surface area contributed by atoms with Crippen molar-refractivity contribution in [2.75, 3.05) is 13.6 Å². The molecule has 0 aliphatic carbocycles. The highest BCUT2D eigenvalue weighted by molar-refractivity contribution is 7.13. The maximum absolute atomic E-state index is 12.8. The van der Waals surface area contributed by atoms with E-state index < -0.39 is 0 Å². The Hall–Kier alpha value is -2.61. The van der Waals surface area contributed by atoms with Gasteiger partial charge < -0.3 is 4.90 Å². The van der Waals surface area contributed by atoms with Crippen LogP contribution in [0.15, 0.2) is 30.3 Å². The van der Waals surface area contributed by atoms with Crippen LogP contribution in [0.4, 0.5) is 0 Å². The molecule has 1 amide bonds. The van der Waals surface area contributed by atoms with Gasteiger partial charge in [-0.3, -0.25) is 4.79 Å². The zero-order valence-corrected chi connectivity index (χ0v) is 15.2. The molecule has 25 heavy (non-hydrogen) atoms. The molecule has 1 N–H and O–H groups in total. The molecule has 0 aliphatic rings. The summed E-state index contributed by atoms with van der Waals surface area (Å²) in [4.78, 5) is 19.7. The normalized spacial score (nSPS) is 12.1. The lowest BCUT2D eigenvalue weighted by Gasteiger charge is -2.19. The number of carbonyl (C=O) groups is 1. The van der Waals surface area contributed by atoms with Gasteiger partial charge in [0, 0.05) is 25.9 Å². The van der Waals surface area contributed by atoms with Crippen LogP contribution in [0.5, 0.6) is 0 Å². The molecule has 1 atom stereocenters. The summed E-state index contributed by atoms with van der Waals surface area (Å²) in [5.74, 6) is 0.583. The third kappa shape index (κ3) is 4.08. The first-order chi connectivity index (χ1) is 12.0. The van der Waals surface area contributed by atoms with E-state index in [-0.39, 0.29) is 11.8 Å². The van der Waals surface area contributed by atoms with E-state index in [9.17, 15) is 4.79 Å². The van der Waals surface area contributed by atoms with Crippen LogP contribution in [0.25, 0.3) is 0 Å². The monoisotopic (exact) mass is 356 g/mol. The SMILES string of the molecule is Cc1nc(Cc2ccccc2)sc1C(=O)N(C)CC(C)c1nn[nH]n1. The van der Waals surface area contributed by atoms with Crippen LogP contribution in [0.2, 0.25) is 0 Å². The summed E-state index contributed by atoms with van der Waals surface area (Å²) in [5.41, 5.74) is 1.97. The van der Waals surface area contributed by atoms with E-state index in [4.69, 9.17) is 0 Å². The van der Waals surface area contributed by atoms with Gasteiger partial charge in [0.1, 0.15) is 4.88 Å². The van der Waals surface area contributed by atoms with Crippen molar-refractivity contribution in [1.29, 1.82) is 0 Å². The van der Waals surface area contributed by atoms with E-state index in [1.165, 1.54) is 16.9 Å². The number of hydrogen-bond acceptors (Lipinski definition) is 6. The Labute approximate surface area is 150 Å². The number of thiazole rings is 1. The molecule has 3 aromatic rings. The molecule has 0 bridgehead atoms. The van der Waals surface area contributed by atoms with Crippen molar-refractivity contribution in [2.45, 2.75) is 26.2 Å². The summed E-state index contributed by atoms with van der Waals surface area (Å²) in [7, 11) is 1.79. The Morgan fingerprint density at radius 3 is 2.76 bits per heavy atom. The van der Waals surface area contributed by atoms with Crippen LogP contribution >= 0.6 is 11.3 Å². The topological polar surface area (TPSA) is 87.7 Å². The summed E-state index contributed by atoms with van der Waals surface area (Å²) in [6, 6.07) is 10.1. The molecule has 3 rings (SSSR count). The summed E-state index contributed by atoms with van der Waals surface area (Å²) in [6.07, 6.45) is 0.739. The summed E-state index contributed by atoms with van der Waals surface area (Å²) in [6.45, 7) is 4.37. The van der Waals surface area contributed by atoms with Gasteiger partial charge in [0.25, 0.3) is 5.91 Å². The molecule has 1 unspecified atom stereocenters. The Morgan fingerprint density at radius 2 is 2.08 bits per heavy atom. The number of H-pyrrole nitrogens is 1. The van der Waals surface area contributed by atoms with Crippen LogP contribution in [0.1, 0.15) is 44.6 Å². The molecule has 0 fully saturated rings. The lowest BCUT2D eigenvalue weighted by Crippen LogP contribution is -2.30. The van der Waals surface area contributed by atoms with Gasteiger partial charge in [0.15, 0.2) is 5.82 Å². The smallest absolute Gasteiger partial charge is 0.265 e. The molecular formula is C17H20N6OS. The number of nitrogens with zero attached hydrogens (tertiary/aromatic N) is 5. The minimum Gasteiger partial charge on any atom is -0.340 e. The maximum Gasteiger partial charge on any atom is 0.265 e. The standard InChI is InChI=1S/C17H20N6OS/c1-11(16-19-21-22-20-16)10-23(3)17(24)15-12(2)18-14(25-15)9-13-7-5-4-6-8-13/h4-8,11H,9-10H2,1-3H3,(H,19,20,21,22). The van der Waals surface area contributed by atoms with Gasteiger partial charge >= 0.3 is 0 Å². The summed E-state index contributed by atoms with van der Waals surface area (Å²) < 4.78 is 0. The van der Waals surface area contributed by atoms with Crippen LogP contribution in [0, 0.1) is 6.92 Å². The van der Waals surface area contributed by atoms with E-state index >= 15 is 0 Å². The predicted molar refractivity (Wildman–Crippen MR) is 95.7 cm³/mol. The molecule has 7 nitrogen and oxygen atoms in total. The molecule has 8 heteroatoms. The average Bonchev–Trinajstić information content (AvgIpc) is 3.25. The number of aromatic amines is 1. The molecule has 0 spiro atoms. The lowest BCUT2D eigenvalue weighted by atomic mass is 10.1. The number of nitrogens with one attached hydrogen (secondary N) is 1. The molecule has 0 radical (unpaired) electrons. The third-order valence-electron chi connectivity index (χ3n) is 3.93. The fourth-order valence-corrected chi connectivity index (χ4v) is 3.72. The van der Waals surface area contributed by atoms with Crippen LogP contribution in [0.3, 0.4) is 0 Å². The van der Waals surface area contributed by atoms with Gasteiger partial charge in [-0.25, -0.2) is 4.98 Å². The molecule has 0 saturated carbocycles. The van der Waals surface area contributed by atoms with E-state index in [0.29, 0.717) is 17.2 Å². The van der Waals surface area contributed by atoms with Crippen molar-refractivity contribution < 1.29 is 4.79 Å². The largest absolute Gasteiger partial charge is 0.340 e. The number of aromatic nitrogens is 5. The fourth-order valence-electron chi connectivity index (χ4n) is 2.62. The highest BCUT2D eigenvalue weighted by atomic mass is 32.1. The second-order valence-electron chi connectivity index (χ2n) is 6.04. The van der Waals surface area contributed by atoms with E-state index in [0.717, 1.165) is 17.1 Å². The molecule has 2 aromatic heterocycles. The van der Waals surface area contributed by atoms with Crippen molar-refractivity contribution in [3.05, 3.63) is 57.3 Å². The van der Waals surface area contributed by atoms with Gasteiger partial charge in [0.2, 0.25) is 0 Å². The van der Waals surface area contributed by atoms with E-state index in [2.05, 4.69) is 37.7 Å². The predicted octanol–water partition coefficient (Wildman–Crippen LogP) is 2.43. The minimum absolute atomic E-state index is 0.00437. The zero-order valence-electron chi connectivity index (χ0n) is 14.4. The summed E-state index contributed by atoms with van der Waals surface area (Å²) in [5, 5.41) is 14.9. The molecule has 130 valence electrons. The highest BCUT2D eigenvalue weighted by Gasteiger charge is 2.22. The fraction of sp³-hybridized carbons (Fsp3) is 0.353. The Balaban J connectivity index is 1.69. The first-order valence-electron chi connectivity index (χ1n) is 8.03. The second kappa shape index (κ2) is 7.52. The number of carbonyl (C=O) groups excluding carboxylic acids is 1. The van der Waals surface area contributed by atoms with E-state index in [1.807, 2.05) is 32.0 Å². The maximum atomic E-state index is 12.8. The van der Waals surface area contributed by atoms with Gasteiger partial charge in [-0.1, -0.05) is 42.5 Å². The molecular weight excluding hydrogens is 336 g/mol. The van der Waals surface area contributed by atoms with Crippen molar-refractivity contribution in [3.8, 4) is 0 Å². The molecule has 2 heterocycles. The van der Waals surface area contributed by atoms with Gasteiger partial charge in [-0.15, -0.1) is 21.5 Å².